The first kappa shape index (κ1) is 13.3. The summed E-state index contributed by atoms with van der Waals surface area (Å²) in [5, 5.41) is 2.68. The van der Waals surface area contributed by atoms with E-state index in [-0.39, 0.29) is 5.97 Å². The van der Waals surface area contributed by atoms with Crippen LogP contribution in [0.4, 0.5) is 0 Å². The highest BCUT2D eigenvalue weighted by Crippen LogP contribution is 2.11. The van der Waals surface area contributed by atoms with Gasteiger partial charge in [0.2, 0.25) is 0 Å². The molecule has 0 aliphatic carbocycles. The van der Waals surface area contributed by atoms with Crippen LogP contribution in [0.3, 0.4) is 0 Å². The smallest absolute Gasteiger partial charge is 0.331 e. The van der Waals surface area contributed by atoms with E-state index >= 15 is 0 Å². The lowest BCUT2D eigenvalue weighted by atomic mass is 10.6. The fourth-order valence-corrected chi connectivity index (χ4v) is 3.18. The van der Waals surface area contributed by atoms with E-state index in [9.17, 15) is 4.79 Å². The van der Waals surface area contributed by atoms with Gasteiger partial charge in [-0.3, -0.25) is 0 Å². The van der Waals surface area contributed by atoms with Gasteiger partial charge in [-0.05, 0) is 12.3 Å². The second-order valence-corrected chi connectivity index (χ2v) is 9.21. The summed E-state index contributed by atoms with van der Waals surface area (Å²) >= 11 is 1.58. The molecule has 14 heavy (non-hydrogen) atoms. The van der Waals surface area contributed by atoms with Gasteiger partial charge >= 0.3 is 5.97 Å². The Bertz CT molecular complexity index is 253. The monoisotopic (exact) mass is 228 g/mol. The van der Waals surface area contributed by atoms with E-state index in [1.54, 1.807) is 24.1 Å². The van der Waals surface area contributed by atoms with Gasteiger partial charge in [-0.2, -0.15) is 0 Å². The fraction of sp³-hybridized carbons (Fsp3) is 0.500. The summed E-state index contributed by atoms with van der Waals surface area (Å²) in [6, 6.07) is 0. The van der Waals surface area contributed by atoms with Gasteiger partial charge in [-0.15, -0.1) is 23.7 Å². The number of carbonyl (C=O) groups excluding carboxylic acids is 1. The molecule has 0 aliphatic heterocycles. The third-order valence-electron chi connectivity index (χ3n) is 1.42. The first-order valence-electron chi connectivity index (χ1n) is 4.44. The van der Waals surface area contributed by atoms with E-state index in [0.29, 0.717) is 6.61 Å². The van der Waals surface area contributed by atoms with Crippen LogP contribution in [0.5, 0.6) is 0 Å². The quantitative estimate of drug-likeness (QED) is 0.312. The molecule has 0 aliphatic rings. The van der Waals surface area contributed by atoms with E-state index in [1.807, 2.05) is 0 Å². The molecule has 0 aromatic rings. The molecule has 2 nitrogen and oxygen atoms in total. The highest BCUT2D eigenvalue weighted by molar-refractivity contribution is 8.03. The van der Waals surface area contributed by atoms with Gasteiger partial charge in [-0.1, -0.05) is 13.1 Å². The van der Waals surface area contributed by atoms with E-state index in [0.717, 1.165) is 5.38 Å². The minimum atomic E-state index is -1.48. The minimum Gasteiger partial charge on any atom is -0.463 e. The molecule has 0 rings (SSSR count). The van der Waals surface area contributed by atoms with Crippen LogP contribution in [0.15, 0.2) is 11.5 Å². The lowest BCUT2D eigenvalue weighted by Crippen LogP contribution is -2.26. The number of rotatable bonds is 5. The lowest BCUT2D eigenvalue weighted by molar-refractivity contribution is -0.137. The Labute approximate surface area is 91.1 Å². The van der Waals surface area contributed by atoms with Crippen LogP contribution in [0.1, 0.15) is 6.92 Å². The van der Waals surface area contributed by atoms with Crippen molar-refractivity contribution in [3.05, 3.63) is 11.5 Å². The van der Waals surface area contributed by atoms with E-state index < -0.39 is 8.07 Å². The molecule has 4 heteroatoms. The molecule has 0 aromatic heterocycles. The zero-order valence-electron chi connectivity index (χ0n) is 8.87. The zero-order chi connectivity index (χ0) is 11.0. The summed E-state index contributed by atoms with van der Waals surface area (Å²) in [4.78, 5) is 10.9. The van der Waals surface area contributed by atoms with Crippen molar-refractivity contribution in [1.82, 2.24) is 0 Å². The van der Waals surface area contributed by atoms with Crippen LogP contribution in [0, 0.1) is 12.0 Å². The van der Waals surface area contributed by atoms with Crippen molar-refractivity contribution in [2.45, 2.75) is 20.0 Å². The Morgan fingerprint density at radius 1 is 1.64 bits per heavy atom. The summed E-state index contributed by atoms with van der Waals surface area (Å²) in [5.41, 5.74) is 2.82. The first-order chi connectivity index (χ1) is 6.52. The Balaban J connectivity index is 3.75. The normalized spacial score (nSPS) is 11.3. The molecule has 0 saturated carbocycles. The van der Waals surface area contributed by atoms with Gasteiger partial charge < -0.3 is 4.74 Å². The predicted molar refractivity (Wildman–Crippen MR) is 64.5 cm³/mol. The molecule has 0 radical (unpaired) electrons. The van der Waals surface area contributed by atoms with Crippen LogP contribution >= 0.6 is 11.8 Å². The Morgan fingerprint density at radius 2 is 2.29 bits per heavy atom. The summed E-state index contributed by atoms with van der Waals surface area (Å²) in [7, 11) is -1.48. The summed E-state index contributed by atoms with van der Waals surface area (Å²) in [6.45, 7) is 6.45. The average Bonchev–Trinajstić information content (AvgIpc) is 2.13. The number of thioether (sulfide) groups is 1. The molecule has 0 N–H and O–H groups in total. The van der Waals surface area contributed by atoms with E-state index in [1.165, 1.54) is 6.08 Å². The van der Waals surface area contributed by atoms with Gasteiger partial charge in [0.1, 0.15) is 8.07 Å². The molecule has 0 aromatic carbocycles. The molecular formula is C10H16O2SSi. The van der Waals surface area contributed by atoms with Gasteiger partial charge in [-0.25, -0.2) is 4.79 Å². The lowest BCUT2D eigenvalue weighted by Gasteiger charge is -2.11. The number of esters is 1. The molecule has 0 fully saturated rings. The number of hydrogen-bond acceptors (Lipinski definition) is 3. The molecular weight excluding hydrogens is 212 g/mol. The molecule has 0 saturated heterocycles. The number of carbonyl (C=O) groups is 1. The maximum atomic E-state index is 10.9. The van der Waals surface area contributed by atoms with Crippen molar-refractivity contribution in [2.75, 3.05) is 12.0 Å². The zero-order valence-corrected chi connectivity index (χ0v) is 10.7. The van der Waals surface area contributed by atoms with Crippen LogP contribution in [-0.2, 0) is 9.53 Å². The van der Waals surface area contributed by atoms with Crippen molar-refractivity contribution in [3.63, 3.8) is 0 Å². The topological polar surface area (TPSA) is 26.3 Å². The van der Waals surface area contributed by atoms with Crippen LogP contribution in [0.2, 0.25) is 13.1 Å². The number of hydrogen-bond donors (Lipinski definition) is 0. The first-order valence-corrected chi connectivity index (χ1v) is 8.70. The summed E-state index contributed by atoms with van der Waals surface area (Å²) in [5.74, 6) is -0.291. The summed E-state index contributed by atoms with van der Waals surface area (Å²) in [6.07, 6.45) is 6.82. The molecule has 0 atom stereocenters. The van der Waals surface area contributed by atoms with Crippen molar-refractivity contribution in [1.29, 1.82) is 0 Å². The van der Waals surface area contributed by atoms with Crippen LogP contribution in [-0.4, -0.2) is 26.0 Å². The van der Waals surface area contributed by atoms with Gasteiger partial charge in [0.05, 0.1) is 6.61 Å². The average molecular weight is 228 g/mol. The minimum absolute atomic E-state index is 0.291. The third-order valence-corrected chi connectivity index (χ3v) is 6.09. The SMILES string of the molecule is C#C[Si](C)(C)CS/C=C/C(=O)OCC. The molecule has 0 heterocycles. The molecule has 78 valence electrons. The Kier molecular flexibility index (Phi) is 6.42. The van der Waals surface area contributed by atoms with Gasteiger partial charge in [0.25, 0.3) is 0 Å². The predicted octanol–water partition coefficient (Wildman–Crippen LogP) is 2.22. The maximum absolute atomic E-state index is 10.9. The van der Waals surface area contributed by atoms with Gasteiger partial charge in [0, 0.05) is 11.5 Å². The van der Waals surface area contributed by atoms with Crippen LogP contribution < -0.4 is 0 Å². The van der Waals surface area contributed by atoms with Crippen molar-refractivity contribution < 1.29 is 9.53 Å². The van der Waals surface area contributed by atoms with E-state index in [4.69, 9.17) is 11.2 Å². The second kappa shape index (κ2) is 6.74. The second-order valence-electron chi connectivity index (χ2n) is 3.39. The number of ether oxygens (including phenoxy) is 1. The fourth-order valence-electron chi connectivity index (χ4n) is 0.592. The largest absolute Gasteiger partial charge is 0.463 e. The highest BCUT2D eigenvalue weighted by Gasteiger charge is 2.16. The number of terminal acetylenes is 1. The molecule has 0 unspecified atom stereocenters. The Morgan fingerprint density at radius 3 is 2.79 bits per heavy atom. The maximum Gasteiger partial charge on any atom is 0.331 e. The molecule has 0 spiro atoms. The molecule has 0 bridgehead atoms. The molecule has 0 amide bonds. The summed E-state index contributed by atoms with van der Waals surface area (Å²) < 4.78 is 4.73. The van der Waals surface area contributed by atoms with E-state index in [2.05, 4.69) is 18.6 Å². The van der Waals surface area contributed by atoms with Crippen molar-refractivity contribution in [2.24, 2.45) is 0 Å². The van der Waals surface area contributed by atoms with Gasteiger partial charge in [0.15, 0.2) is 0 Å². The Hall–Kier alpha value is -0.663. The standard InChI is InChI=1S/C10H16O2SSi/c1-5-12-10(11)7-8-13-9-14(3,4)6-2/h2,7-8H,5,9H2,1,3-4H3/b8-7+. The van der Waals surface area contributed by atoms with Crippen molar-refractivity contribution >= 4 is 25.8 Å². The highest BCUT2D eigenvalue weighted by atomic mass is 32.2. The van der Waals surface area contributed by atoms with Crippen LogP contribution in [0.25, 0.3) is 0 Å². The third kappa shape index (κ3) is 6.81. The van der Waals surface area contributed by atoms with Crippen molar-refractivity contribution in [3.8, 4) is 12.0 Å².